The first-order valence-corrected chi connectivity index (χ1v) is 11.3. The van der Waals surface area contributed by atoms with Crippen LogP contribution in [0.15, 0.2) is 17.5 Å². The van der Waals surface area contributed by atoms with Crippen molar-refractivity contribution in [3.05, 3.63) is 18.2 Å². The van der Waals surface area contributed by atoms with E-state index >= 15 is 0 Å². The third-order valence-corrected chi connectivity index (χ3v) is 5.03. The number of H-pyrrole nitrogens is 1. The van der Waals surface area contributed by atoms with Crippen molar-refractivity contribution in [2.75, 3.05) is 13.2 Å². The molecular weight excluding hydrogens is 492 g/mol. The Kier molecular flexibility index (Phi) is 13.0. The Labute approximate surface area is 211 Å². The summed E-state index contributed by atoms with van der Waals surface area (Å²) in [5, 5.41) is 25.9. The van der Waals surface area contributed by atoms with Crippen LogP contribution < -0.4 is 38.9 Å². The molecule has 4 unspecified atom stereocenters. The number of aromatic nitrogens is 2. The topological polar surface area (TPSA) is 307 Å². The zero-order valence-electron chi connectivity index (χ0n) is 20.1. The van der Waals surface area contributed by atoms with Crippen molar-refractivity contribution in [3.8, 4) is 0 Å². The highest BCUT2D eigenvalue weighted by Crippen LogP contribution is 2.04. The van der Waals surface area contributed by atoms with Gasteiger partial charge in [-0.2, -0.15) is 0 Å². The fraction of sp³-hybridized carbons (Fsp3) is 0.550. The number of hydrogen-bond donors (Lipinski definition) is 10. The maximum absolute atomic E-state index is 12.9. The summed E-state index contributed by atoms with van der Waals surface area (Å²) in [6.07, 6.45) is 2.61. The number of nitrogens with two attached hydrogens (primary N) is 4. The Bertz CT molecular complexity index is 949. The second kappa shape index (κ2) is 15.7. The van der Waals surface area contributed by atoms with Crippen LogP contribution in [0.4, 0.5) is 0 Å². The van der Waals surface area contributed by atoms with Crippen LogP contribution in [0.1, 0.15) is 31.4 Å². The van der Waals surface area contributed by atoms with Gasteiger partial charge in [0.25, 0.3) is 0 Å². The summed E-state index contributed by atoms with van der Waals surface area (Å²) in [4.78, 5) is 70.9. The number of primary amides is 1. The number of guanidine groups is 1. The fourth-order valence-electron chi connectivity index (χ4n) is 3.04. The molecule has 206 valence electrons. The van der Waals surface area contributed by atoms with Crippen molar-refractivity contribution in [2.24, 2.45) is 27.9 Å². The van der Waals surface area contributed by atoms with Crippen molar-refractivity contribution in [1.29, 1.82) is 0 Å². The number of carbonyl (C=O) groups is 5. The zero-order chi connectivity index (χ0) is 28.0. The van der Waals surface area contributed by atoms with Crippen LogP contribution >= 0.6 is 0 Å². The first kappa shape index (κ1) is 30.8. The standard InChI is InChI=1S/C20H34N10O7/c21-11(2-1-5-26-20(23)24)16(33)30-14(8-31)18(35)29-13(6-10-7-25-9-27-10)17(34)28-12(19(36)37)3-4-15(22)32/h7,9,11-14,31H,1-6,8,21H2,(H2,22,32)(H,25,27)(H,28,34)(H,29,35)(H,30,33)(H,36,37)(H4,23,24,26). The van der Waals surface area contributed by atoms with Gasteiger partial charge in [-0.05, 0) is 19.3 Å². The van der Waals surface area contributed by atoms with Crippen molar-refractivity contribution in [1.82, 2.24) is 25.9 Å². The maximum atomic E-state index is 12.9. The van der Waals surface area contributed by atoms with Crippen LogP contribution in [-0.2, 0) is 30.4 Å². The van der Waals surface area contributed by atoms with Gasteiger partial charge >= 0.3 is 5.97 Å². The summed E-state index contributed by atoms with van der Waals surface area (Å²) in [6, 6.07) is -5.27. The minimum absolute atomic E-state index is 0.105. The monoisotopic (exact) mass is 526 g/mol. The molecule has 0 spiro atoms. The molecule has 0 aliphatic heterocycles. The molecular formula is C20H34N10O7. The quantitative estimate of drug-likeness (QED) is 0.0521. The lowest BCUT2D eigenvalue weighted by Crippen LogP contribution is -2.58. The van der Waals surface area contributed by atoms with Gasteiger partial charge < -0.3 is 54.1 Å². The number of rotatable bonds is 17. The molecule has 17 nitrogen and oxygen atoms in total. The van der Waals surface area contributed by atoms with Gasteiger partial charge in [0.15, 0.2) is 5.96 Å². The van der Waals surface area contributed by atoms with E-state index in [0.29, 0.717) is 12.1 Å². The Hall–Kier alpha value is -4.25. The molecule has 0 fully saturated rings. The summed E-state index contributed by atoms with van der Waals surface area (Å²) in [7, 11) is 0. The fourth-order valence-corrected chi connectivity index (χ4v) is 3.04. The van der Waals surface area contributed by atoms with Gasteiger partial charge in [0.1, 0.15) is 18.1 Å². The molecule has 0 saturated heterocycles. The minimum Gasteiger partial charge on any atom is -0.480 e. The second-order valence-corrected chi connectivity index (χ2v) is 8.05. The number of nitrogens with one attached hydrogen (secondary N) is 4. The normalized spacial score (nSPS) is 13.9. The van der Waals surface area contributed by atoms with Crippen LogP contribution in [0.3, 0.4) is 0 Å². The van der Waals surface area contributed by atoms with Crippen LogP contribution in [-0.4, -0.2) is 93.1 Å². The van der Waals surface area contributed by atoms with Crippen molar-refractivity contribution < 1.29 is 34.2 Å². The van der Waals surface area contributed by atoms with Gasteiger partial charge in [0, 0.05) is 31.3 Å². The summed E-state index contributed by atoms with van der Waals surface area (Å²) >= 11 is 0. The lowest BCUT2D eigenvalue weighted by atomic mass is 10.1. The molecule has 4 amide bonds. The van der Waals surface area contributed by atoms with E-state index in [1.165, 1.54) is 12.5 Å². The number of aliphatic imine (C=N–C) groups is 1. The molecule has 0 bridgehead atoms. The largest absolute Gasteiger partial charge is 0.480 e. The van der Waals surface area contributed by atoms with E-state index in [2.05, 4.69) is 30.9 Å². The third-order valence-electron chi connectivity index (χ3n) is 5.03. The molecule has 1 rings (SSSR count). The number of aliphatic hydroxyl groups is 1. The predicted octanol–water partition coefficient (Wildman–Crippen LogP) is -4.87. The Morgan fingerprint density at radius 1 is 0.973 bits per heavy atom. The smallest absolute Gasteiger partial charge is 0.326 e. The van der Waals surface area contributed by atoms with Crippen LogP contribution in [0.2, 0.25) is 0 Å². The Morgan fingerprint density at radius 3 is 2.14 bits per heavy atom. The maximum Gasteiger partial charge on any atom is 0.326 e. The second-order valence-electron chi connectivity index (χ2n) is 8.05. The minimum atomic E-state index is -1.46. The molecule has 1 aromatic rings. The summed E-state index contributed by atoms with van der Waals surface area (Å²) in [5.41, 5.74) is 21.7. The molecule has 1 aromatic heterocycles. The van der Waals surface area contributed by atoms with Gasteiger partial charge in [-0.1, -0.05) is 0 Å². The number of aliphatic carboxylic acids is 1. The molecule has 1 heterocycles. The van der Waals surface area contributed by atoms with Crippen molar-refractivity contribution in [2.45, 2.75) is 56.3 Å². The van der Waals surface area contributed by atoms with E-state index in [4.69, 9.17) is 22.9 Å². The highest BCUT2D eigenvalue weighted by Gasteiger charge is 2.30. The van der Waals surface area contributed by atoms with E-state index < -0.39 is 60.4 Å². The molecule has 0 radical (unpaired) electrons. The number of nitrogens with zero attached hydrogens (tertiary/aromatic N) is 2. The highest BCUT2D eigenvalue weighted by molar-refractivity contribution is 5.94. The average molecular weight is 527 g/mol. The molecule has 17 heteroatoms. The van der Waals surface area contributed by atoms with Crippen molar-refractivity contribution in [3.63, 3.8) is 0 Å². The van der Waals surface area contributed by atoms with Crippen LogP contribution in [0.25, 0.3) is 0 Å². The van der Waals surface area contributed by atoms with E-state index in [-0.39, 0.29) is 38.2 Å². The lowest BCUT2D eigenvalue weighted by molar-refractivity contribution is -0.142. The summed E-state index contributed by atoms with van der Waals surface area (Å²) in [6.45, 7) is -0.568. The van der Waals surface area contributed by atoms with Gasteiger partial charge in [0.2, 0.25) is 23.6 Å². The number of imidazole rings is 1. The zero-order valence-corrected chi connectivity index (χ0v) is 20.1. The SMILES string of the molecule is NC(=O)CCC(NC(=O)C(Cc1cnc[nH]1)NC(=O)C(CO)NC(=O)C(N)CCCN=C(N)N)C(=O)O. The Morgan fingerprint density at radius 2 is 1.59 bits per heavy atom. The molecule has 0 aliphatic carbocycles. The van der Waals surface area contributed by atoms with Gasteiger partial charge in [0.05, 0.1) is 19.0 Å². The number of aliphatic hydroxyl groups excluding tert-OH is 1. The third kappa shape index (κ3) is 11.8. The van der Waals surface area contributed by atoms with E-state index in [9.17, 15) is 34.2 Å². The average Bonchev–Trinajstić information content (AvgIpc) is 3.34. The van der Waals surface area contributed by atoms with Crippen LogP contribution in [0.5, 0.6) is 0 Å². The van der Waals surface area contributed by atoms with E-state index in [0.717, 1.165) is 0 Å². The molecule has 37 heavy (non-hydrogen) atoms. The van der Waals surface area contributed by atoms with E-state index in [1.807, 2.05) is 0 Å². The molecule has 0 saturated carbocycles. The lowest BCUT2D eigenvalue weighted by Gasteiger charge is -2.24. The number of hydrogen-bond acceptors (Lipinski definition) is 9. The molecule has 4 atom stereocenters. The molecule has 14 N–H and O–H groups in total. The van der Waals surface area contributed by atoms with Gasteiger partial charge in [-0.15, -0.1) is 0 Å². The molecule has 0 aliphatic rings. The Balaban J connectivity index is 2.87. The van der Waals surface area contributed by atoms with Gasteiger partial charge in [-0.25, -0.2) is 9.78 Å². The predicted molar refractivity (Wildman–Crippen MR) is 129 cm³/mol. The summed E-state index contributed by atoms with van der Waals surface area (Å²) < 4.78 is 0. The number of amides is 4. The first-order chi connectivity index (χ1) is 17.4. The number of carboxylic acid groups (broad SMARTS) is 1. The van der Waals surface area contributed by atoms with Gasteiger partial charge in [-0.3, -0.25) is 24.2 Å². The van der Waals surface area contributed by atoms with Crippen LogP contribution in [0, 0.1) is 0 Å². The number of carbonyl (C=O) groups excluding carboxylic acids is 4. The summed E-state index contributed by atoms with van der Waals surface area (Å²) in [5.74, 6) is -4.81. The number of aromatic amines is 1. The highest BCUT2D eigenvalue weighted by atomic mass is 16.4. The van der Waals surface area contributed by atoms with Crippen molar-refractivity contribution >= 4 is 35.6 Å². The molecule has 0 aromatic carbocycles. The van der Waals surface area contributed by atoms with E-state index in [1.54, 1.807) is 0 Å². The first-order valence-electron chi connectivity index (χ1n) is 11.3. The number of carboxylic acids is 1.